The van der Waals surface area contributed by atoms with Crippen molar-refractivity contribution in [1.82, 2.24) is 0 Å². The first-order valence-electron chi connectivity index (χ1n) is 3.42. The highest BCUT2D eigenvalue weighted by atomic mass is 19.4. The Bertz CT molecular complexity index is 192. The Morgan fingerprint density at radius 1 is 1.29 bits per heavy atom. The molecule has 7 heteroatoms. The van der Waals surface area contributed by atoms with Crippen LogP contribution < -0.4 is 0 Å². The maximum absolute atomic E-state index is 10.6. The highest BCUT2D eigenvalue weighted by molar-refractivity contribution is 5.73. The van der Waals surface area contributed by atoms with E-state index in [-0.39, 0.29) is 5.60 Å². The summed E-state index contributed by atoms with van der Waals surface area (Å²) in [6, 6.07) is 0. The normalized spacial score (nSPS) is 11.0. The summed E-state index contributed by atoms with van der Waals surface area (Å²) in [5.74, 6) is -2.76. The molecule has 0 aromatic rings. The molecule has 0 amide bonds. The zero-order valence-electron chi connectivity index (χ0n) is 7.88. The zero-order chi connectivity index (χ0) is 12.0. The van der Waals surface area contributed by atoms with Crippen LogP contribution in [0.3, 0.4) is 0 Å². The molecule has 0 aromatic carbocycles. The minimum absolute atomic E-state index is 0.318. The van der Waals surface area contributed by atoms with Crippen molar-refractivity contribution < 1.29 is 32.6 Å². The molecule has 0 aliphatic heterocycles. The standard InChI is InChI=1S/C5H10O2.C2HF3O2/c1-5(2,3)7-4-6;3-2(4,5)1(6)7/h4H,1-3H3;(H,6,7). The first-order chi connectivity index (χ1) is 6.00. The van der Waals surface area contributed by atoms with Crippen molar-refractivity contribution in [3.8, 4) is 0 Å². The number of ether oxygens (including phenoxy) is 1. The second kappa shape index (κ2) is 5.46. The summed E-state index contributed by atoms with van der Waals surface area (Å²) in [6.07, 6.45) is -5.08. The van der Waals surface area contributed by atoms with Crippen molar-refractivity contribution in [3.05, 3.63) is 0 Å². The van der Waals surface area contributed by atoms with E-state index in [9.17, 15) is 18.0 Å². The molecule has 0 aromatic heterocycles. The van der Waals surface area contributed by atoms with Gasteiger partial charge in [0.2, 0.25) is 0 Å². The Balaban J connectivity index is 0. The van der Waals surface area contributed by atoms with Crippen LogP contribution in [0.5, 0.6) is 0 Å². The fourth-order valence-electron chi connectivity index (χ4n) is 0.144. The predicted octanol–water partition coefficient (Wildman–Crippen LogP) is 1.59. The number of hydrogen-bond donors (Lipinski definition) is 1. The van der Waals surface area contributed by atoms with Crippen LogP contribution in [-0.2, 0) is 14.3 Å². The van der Waals surface area contributed by atoms with Gasteiger partial charge in [0, 0.05) is 0 Å². The number of carbonyl (C=O) groups is 2. The number of carboxylic acids is 1. The molecular formula is C7H11F3O4. The molecule has 0 atom stereocenters. The van der Waals surface area contributed by atoms with E-state index in [1.807, 2.05) is 20.8 Å². The van der Waals surface area contributed by atoms with E-state index in [1.54, 1.807) is 0 Å². The molecule has 0 heterocycles. The molecule has 0 spiro atoms. The van der Waals surface area contributed by atoms with Gasteiger partial charge in [-0.3, -0.25) is 4.79 Å². The lowest BCUT2D eigenvalue weighted by atomic mass is 10.2. The van der Waals surface area contributed by atoms with Crippen LogP contribution in [-0.4, -0.2) is 29.3 Å². The quantitative estimate of drug-likeness (QED) is 0.676. The van der Waals surface area contributed by atoms with Crippen LogP contribution in [0.2, 0.25) is 0 Å². The number of rotatable bonds is 1. The van der Waals surface area contributed by atoms with Crippen LogP contribution >= 0.6 is 0 Å². The van der Waals surface area contributed by atoms with Crippen LogP contribution in [0.25, 0.3) is 0 Å². The number of carbonyl (C=O) groups excluding carboxylic acids is 1. The SMILES string of the molecule is CC(C)(C)OC=O.O=C(O)C(F)(F)F. The zero-order valence-corrected chi connectivity index (χ0v) is 7.88. The van der Waals surface area contributed by atoms with Crippen LogP contribution in [0, 0.1) is 0 Å². The highest BCUT2D eigenvalue weighted by Gasteiger charge is 2.38. The summed E-state index contributed by atoms with van der Waals surface area (Å²) in [6.45, 7) is 5.92. The average Bonchev–Trinajstić information content (AvgIpc) is 1.82. The molecule has 14 heavy (non-hydrogen) atoms. The molecule has 0 bridgehead atoms. The topological polar surface area (TPSA) is 63.6 Å². The van der Waals surface area contributed by atoms with E-state index in [0.29, 0.717) is 6.47 Å². The minimum atomic E-state index is -5.08. The average molecular weight is 216 g/mol. The van der Waals surface area contributed by atoms with Crippen LogP contribution in [0.4, 0.5) is 13.2 Å². The summed E-state index contributed by atoms with van der Waals surface area (Å²) in [7, 11) is 0. The van der Waals surface area contributed by atoms with Crippen LogP contribution in [0.15, 0.2) is 0 Å². The van der Waals surface area contributed by atoms with Crippen molar-refractivity contribution in [2.75, 3.05) is 0 Å². The number of halogens is 3. The molecule has 0 radical (unpaired) electrons. The van der Waals surface area contributed by atoms with Gasteiger partial charge >= 0.3 is 12.1 Å². The van der Waals surface area contributed by atoms with Gasteiger partial charge in [-0.05, 0) is 20.8 Å². The molecule has 4 nitrogen and oxygen atoms in total. The third kappa shape index (κ3) is 13.3. The molecule has 1 N–H and O–H groups in total. The van der Waals surface area contributed by atoms with Gasteiger partial charge in [-0.15, -0.1) is 0 Å². The van der Waals surface area contributed by atoms with E-state index < -0.39 is 12.1 Å². The Morgan fingerprint density at radius 2 is 1.57 bits per heavy atom. The fraction of sp³-hybridized carbons (Fsp3) is 0.714. The number of alkyl halides is 3. The lowest BCUT2D eigenvalue weighted by Crippen LogP contribution is -2.21. The van der Waals surface area contributed by atoms with E-state index >= 15 is 0 Å². The molecule has 84 valence electrons. The Kier molecular flexibility index (Phi) is 5.93. The first kappa shape index (κ1) is 15.2. The summed E-state index contributed by atoms with van der Waals surface area (Å²) in [4.78, 5) is 18.5. The van der Waals surface area contributed by atoms with Gasteiger partial charge in [-0.1, -0.05) is 0 Å². The molecular weight excluding hydrogens is 205 g/mol. The summed E-state index contributed by atoms with van der Waals surface area (Å²) < 4.78 is 36.3. The maximum atomic E-state index is 10.6. The lowest BCUT2D eigenvalue weighted by Gasteiger charge is -2.14. The van der Waals surface area contributed by atoms with E-state index in [2.05, 4.69) is 4.74 Å². The Labute approximate surface area is 78.7 Å². The van der Waals surface area contributed by atoms with Gasteiger partial charge in [-0.2, -0.15) is 13.2 Å². The molecule has 0 saturated carbocycles. The largest absolute Gasteiger partial charge is 0.490 e. The van der Waals surface area contributed by atoms with E-state index in [0.717, 1.165) is 0 Å². The van der Waals surface area contributed by atoms with Gasteiger partial charge in [0.25, 0.3) is 6.47 Å². The van der Waals surface area contributed by atoms with Gasteiger partial charge in [0.1, 0.15) is 5.60 Å². The van der Waals surface area contributed by atoms with Gasteiger partial charge in [-0.25, -0.2) is 4.79 Å². The molecule has 0 saturated heterocycles. The third-order valence-electron chi connectivity index (χ3n) is 0.644. The summed E-state index contributed by atoms with van der Waals surface area (Å²) >= 11 is 0. The summed E-state index contributed by atoms with van der Waals surface area (Å²) in [5, 5.41) is 7.12. The number of carboxylic acid groups (broad SMARTS) is 1. The number of aliphatic carboxylic acids is 1. The lowest BCUT2D eigenvalue weighted by molar-refractivity contribution is -0.192. The first-order valence-corrected chi connectivity index (χ1v) is 3.42. The van der Waals surface area contributed by atoms with Crippen molar-refractivity contribution in [2.24, 2.45) is 0 Å². The van der Waals surface area contributed by atoms with Gasteiger partial charge in [0.05, 0.1) is 0 Å². The van der Waals surface area contributed by atoms with Crippen LogP contribution in [0.1, 0.15) is 20.8 Å². The molecule has 0 unspecified atom stereocenters. The molecule has 0 rings (SSSR count). The minimum Gasteiger partial charge on any atom is -0.475 e. The molecule has 0 fully saturated rings. The van der Waals surface area contributed by atoms with Gasteiger partial charge < -0.3 is 9.84 Å². The highest BCUT2D eigenvalue weighted by Crippen LogP contribution is 2.13. The van der Waals surface area contributed by atoms with Crippen molar-refractivity contribution in [3.63, 3.8) is 0 Å². The second-order valence-corrected chi connectivity index (χ2v) is 3.13. The molecule has 0 aliphatic carbocycles. The third-order valence-corrected chi connectivity index (χ3v) is 0.644. The smallest absolute Gasteiger partial charge is 0.475 e. The van der Waals surface area contributed by atoms with Crippen molar-refractivity contribution >= 4 is 12.4 Å². The maximum Gasteiger partial charge on any atom is 0.490 e. The predicted molar refractivity (Wildman–Crippen MR) is 40.6 cm³/mol. The van der Waals surface area contributed by atoms with Gasteiger partial charge in [0.15, 0.2) is 0 Å². The summed E-state index contributed by atoms with van der Waals surface area (Å²) in [5.41, 5.74) is -0.318. The molecule has 0 aliphatic rings. The Morgan fingerprint density at radius 3 is 1.57 bits per heavy atom. The fourth-order valence-corrected chi connectivity index (χ4v) is 0.144. The van der Waals surface area contributed by atoms with Crippen molar-refractivity contribution in [1.29, 1.82) is 0 Å². The Hall–Kier alpha value is -1.27. The van der Waals surface area contributed by atoms with Crippen molar-refractivity contribution in [2.45, 2.75) is 32.5 Å². The second-order valence-electron chi connectivity index (χ2n) is 3.13. The monoisotopic (exact) mass is 216 g/mol. The van der Waals surface area contributed by atoms with E-state index in [1.165, 1.54) is 0 Å². The number of hydrogen-bond acceptors (Lipinski definition) is 3. The van der Waals surface area contributed by atoms with E-state index in [4.69, 9.17) is 9.90 Å².